The van der Waals surface area contributed by atoms with Crippen molar-refractivity contribution < 1.29 is 9.53 Å². The van der Waals surface area contributed by atoms with Gasteiger partial charge in [-0.25, -0.2) is 4.79 Å². The van der Waals surface area contributed by atoms with Gasteiger partial charge in [0.15, 0.2) is 0 Å². The van der Waals surface area contributed by atoms with Crippen molar-refractivity contribution in [2.45, 2.75) is 39.0 Å². The standard InChI is InChI=1S/C10H18O2Si/c1-8(7-13(2,3)4)9-5-6-12-10(9)11/h5-7H2,1-4H3. The van der Waals surface area contributed by atoms with Crippen LogP contribution in [0.2, 0.25) is 25.7 Å². The third-order valence-corrected chi connectivity index (χ3v) is 3.73. The second-order valence-corrected chi connectivity index (χ2v) is 10.4. The van der Waals surface area contributed by atoms with Crippen LogP contribution in [0.15, 0.2) is 11.1 Å². The van der Waals surface area contributed by atoms with Gasteiger partial charge in [-0.3, -0.25) is 0 Å². The SMILES string of the molecule is CC(C[Si](C)(C)C)=C1CCOC1=O. The highest BCUT2D eigenvalue weighted by Gasteiger charge is 2.23. The third-order valence-electron chi connectivity index (χ3n) is 2.14. The lowest BCUT2D eigenvalue weighted by Gasteiger charge is -2.16. The molecular weight excluding hydrogens is 180 g/mol. The van der Waals surface area contributed by atoms with Gasteiger partial charge in [0, 0.05) is 20.1 Å². The molecule has 0 aromatic rings. The van der Waals surface area contributed by atoms with Crippen molar-refractivity contribution in [1.82, 2.24) is 0 Å². The number of carbonyl (C=O) groups excluding carboxylic acids is 1. The van der Waals surface area contributed by atoms with Crippen molar-refractivity contribution in [3.05, 3.63) is 11.1 Å². The summed E-state index contributed by atoms with van der Waals surface area (Å²) in [6.07, 6.45) is 0.815. The molecule has 0 aliphatic carbocycles. The van der Waals surface area contributed by atoms with Gasteiger partial charge < -0.3 is 4.74 Å². The molecule has 1 fully saturated rings. The average Bonchev–Trinajstić information content (AvgIpc) is 2.30. The molecule has 2 nitrogen and oxygen atoms in total. The van der Waals surface area contributed by atoms with Crippen LogP contribution in [-0.4, -0.2) is 20.7 Å². The largest absolute Gasteiger partial charge is 0.462 e. The number of hydrogen-bond acceptors (Lipinski definition) is 2. The zero-order valence-corrected chi connectivity index (χ0v) is 9.94. The highest BCUT2D eigenvalue weighted by Crippen LogP contribution is 2.24. The first kappa shape index (κ1) is 10.5. The van der Waals surface area contributed by atoms with Crippen molar-refractivity contribution in [3.63, 3.8) is 0 Å². The van der Waals surface area contributed by atoms with Crippen LogP contribution in [0.25, 0.3) is 0 Å². The second-order valence-electron chi connectivity index (χ2n) is 4.88. The van der Waals surface area contributed by atoms with Crippen molar-refractivity contribution in [3.8, 4) is 0 Å². The molecule has 0 amide bonds. The summed E-state index contributed by atoms with van der Waals surface area (Å²) in [6.45, 7) is 9.60. The van der Waals surface area contributed by atoms with Crippen LogP contribution in [0.5, 0.6) is 0 Å². The minimum atomic E-state index is -1.08. The molecule has 1 heterocycles. The summed E-state index contributed by atoms with van der Waals surface area (Å²) < 4.78 is 4.92. The topological polar surface area (TPSA) is 26.3 Å². The van der Waals surface area contributed by atoms with E-state index >= 15 is 0 Å². The lowest BCUT2D eigenvalue weighted by atomic mass is 10.1. The van der Waals surface area contributed by atoms with Crippen LogP contribution >= 0.6 is 0 Å². The molecule has 0 aromatic carbocycles. The van der Waals surface area contributed by atoms with E-state index in [2.05, 4.69) is 26.6 Å². The smallest absolute Gasteiger partial charge is 0.334 e. The molecule has 0 unspecified atom stereocenters. The van der Waals surface area contributed by atoms with Crippen LogP contribution in [0.1, 0.15) is 13.3 Å². The number of esters is 1. The fourth-order valence-electron chi connectivity index (χ4n) is 1.72. The quantitative estimate of drug-likeness (QED) is 0.387. The molecule has 1 aliphatic heterocycles. The normalized spacial score (nSPS) is 21.7. The maximum Gasteiger partial charge on any atom is 0.334 e. The van der Waals surface area contributed by atoms with E-state index in [0.29, 0.717) is 6.61 Å². The van der Waals surface area contributed by atoms with E-state index in [9.17, 15) is 4.79 Å². The molecule has 74 valence electrons. The molecular formula is C10H18O2Si. The first-order valence-corrected chi connectivity index (χ1v) is 8.46. The fourth-order valence-corrected chi connectivity index (χ4v) is 3.53. The Morgan fingerprint density at radius 1 is 1.46 bits per heavy atom. The van der Waals surface area contributed by atoms with E-state index in [4.69, 9.17) is 4.74 Å². The van der Waals surface area contributed by atoms with E-state index in [-0.39, 0.29) is 5.97 Å². The summed E-state index contributed by atoms with van der Waals surface area (Å²) in [5.41, 5.74) is 2.18. The van der Waals surface area contributed by atoms with Crippen molar-refractivity contribution in [1.29, 1.82) is 0 Å². The predicted molar refractivity (Wildman–Crippen MR) is 56.4 cm³/mol. The molecule has 0 aromatic heterocycles. The molecule has 1 rings (SSSR count). The highest BCUT2D eigenvalue weighted by molar-refractivity contribution is 6.76. The maximum absolute atomic E-state index is 11.2. The summed E-state index contributed by atoms with van der Waals surface area (Å²) in [7, 11) is -1.08. The number of hydrogen-bond donors (Lipinski definition) is 0. The Balaban J connectivity index is 2.74. The molecule has 1 aliphatic rings. The van der Waals surface area contributed by atoms with E-state index < -0.39 is 8.07 Å². The Kier molecular flexibility index (Phi) is 2.96. The average molecular weight is 198 g/mol. The summed E-state index contributed by atoms with van der Waals surface area (Å²) in [5, 5.41) is 0. The summed E-state index contributed by atoms with van der Waals surface area (Å²) in [4.78, 5) is 11.2. The van der Waals surface area contributed by atoms with Gasteiger partial charge in [-0.15, -0.1) is 0 Å². The van der Waals surface area contributed by atoms with Crippen molar-refractivity contribution in [2.24, 2.45) is 0 Å². The highest BCUT2D eigenvalue weighted by atomic mass is 28.3. The maximum atomic E-state index is 11.2. The lowest BCUT2D eigenvalue weighted by molar-refractivity contribution is -0.135. The van der Waals surface area contributed by atoms with Crippen LogP contribution in [0.4, 0.5) is 0 Å². The number of carbonyl (C=O) groups is 1. The summed E-state index contributed by atoms with van der Waals surface area (Å²) in [6, 6.07) is 1.11. The van der Waals surface area contributed by atoms with Crippen LogP contribution in [0, 0.1) is 0 Å². The fraction of sp³-hybridized carbons (Fsp3) is 0.700. The Hall–Kier alpha value is -0.573. The zero-order valence-electron chi connectivity index (χ0n) is 8.94. The molecule has 0 N–H and O–H groups in total. The Bertz CT molecular complexity index is 248. The molecule has 0 spiro atoms. The van der Waals surface area contributed by atoms with E-state index in [1.54, 1.807) is 0 Å². The van der Waals surface area contributed by atoms with Gasteiger partial charge >= 0.3 is 5.97 Å². The van der Waals surface area contributed by atoms with Gasteiger partial charge in [-0.1, -0.05) is 25.2 Å². The van der Waals surface area contributed by atoms with Gasteiger partial charge in [-0.05, 0) is 13.0 Å². The zero-order chi connectivity index (χ0) is 10.1. The molecule has 13 heavy (non-hydrogen) atoms. The number of rotatable bonds is 2. The van der Waals surface area contributed by atoms with Gasteiger partial charge in [0.25, 0.3) is 0 Å². The van der Waals surface area contributed by atoms with Crippen molar-refractivity contribution >= 4 is 14.0 Å². The minimum Gasteiger partial charge on any atom is -0.462 e. The molecule has 0 radical (unpaired) electrons. The summed E-state index contributed by atoms with van der Waals surface area (Å²) >= 11 is 0. The molecule has 0 atom stereocenters. The van der Waals surface area contributed by atoms with E-state index in [0.717, 1.165) is 18.0 Å². The lowest BCUT2D eigenvalue weighted by Crippen LogP contribution is -2.20. The molecule has 3 heteroatoms. The predicted octanol–water partition coefficient (Wildman–Crippen LogP) is 2.59. The van der Waals surface area contributed by atoms with E-state index in [1.165, 1.54) is 5.57 Å². The first-order chi connectivity index (χ1) is 5.90. The van der Waals surface area contributed by atoms with Crippen molar-refractivity contribution in [2.75, 3.05) is 6.61 Å². The second kappa shape index (κ2) is 3.66. The minimum absolute atomic E-state index is 0.0873. The van der Waals surface area contributed by atoms with Crippen LogP contribution in [0.3, 0.4) is 0 Å². The number of cyclic esters (lactones) is 1. The molecule has 1 saturated heterocycles. The molecule has 0 bridgehead atoms. The first-order valence-electron chi connectivity index (χ1n) is 4.76. The Morgan fingerprint density at radius 2 is 2.08 bits per heavy atom. The molecule has 0 saturated carbocycles. The van der Waals surface area contributed by atoms with Gasteiger partial charge in [0.05, 0.1) is 6.61 Å². The third kappa shape index (κ3) is 2.99. The van der Waals surface area contributed by atoms with Gasteiger partial charge in [0.1, 0.15) is 0 Å². The Morgan fingerprint density at radius 3 is 2.46 bits per heavy atom. The Labute approximate surface area is 81.0 Å². The summed E-state index contributed by atoms with van der Waals surface area (Å²) in [5.74, 6) is -0.0873. The number of ether oxygens (including phenoxy) is 1. The van der Waals surface area contributed by atoms with Gasteiger partial charge in [0.2, 0.25) is 0 Å². The number of allylic oxidation sites excluding steroid dienone is 1. The monoisotopic (exact) mass is 198 g/mol. The van der Waals surface area contributed by atoms with Crippen LogP contribution < -0.4 is 0 Å². The van der Waals surface area contributed by atoms with E-state index in [1.807, 2.05) is 0 Å². The van der Waals surface area contributed by atoms with Gasteiger partial charge in [-0.2, -0.15) is 0 Å². The van der Waals surface area contributed by atoms with Crippen LogP contribution in [-0.2, 0) is 9.53 Å².